The summed E-state index contributed by atoms with van der Waals surface area (Å²) < 4.78 is 0. The van der Waals surface area contributed by atoms with Gasteiger partial charge in [0.25, 0.3) is 5.91 Å². The molecular weight excluding hydrogens is 200 g/mol. The first-order valence-electron chi connectivity index (χ1n) is 5.60. The van der Waals surface area contributed by atoms with Gasteiger partial charge in [-0.1, -0.05) is 23.8 Å². The molecule has 0 spiro atoms. The fourth-order valence-corrected chi connectivity index (χ4v) is 2.60. The van der Waals surface area contributed by atoms with E-state index in [9.17, 15) is 4.79 Å². The van der Waals surface area contributed by atoms with E-state index in [0.29, 0.717) is 0 Å². The standard InChI is InChI=1S/C13H14N2O/c1-8-3-4-10-9(7-8)5-6-13(2)11(10)14-15-12(13)16/h3-4,7H,5-6H2,1-2H3,(H,15,16)/t13-/m0/s1. The van der Waals surface area contributed by atoms with Gasteiger partial charge in [0.05, 0.1) is 11.1 Å². The summed E-state index contributed by atoms with van der Waals surface area (Å²) in [5, 5.41) is 4.20. The third-order valence-electron chi connectivity index (χ3n) is 3.70. The normalized spacial score (nSPS) is 26.9. The van der Waals surface area contributed by atoms with E-state index in [1.807, 2.05) is 6.92 Å². The second kappa shape index (κ2) is 2.94. The van der Waals surface area contributed by atoms with E-state index in [1.165, 1.54) is 11.1 Å². The lowest BCUT2D eigenvalue weighted by atomic mass is 9.71. The number of rotatable bonds is 0. The number of hydrazone groups is 1. The van der Waals surface area contributed by atoms with Gasteiger partial charge in [0.1, 0.15) is 0 Å². The molecule has 0 unspecified atom stereocenters. The summed E-state index contributed by atoms with van der Waals surface area (Å²) in [7, 11) is 0. The van der Waals surface area contributed by atoms with Gasteiger partial charge < -0.3 is 0 Å². The van der Waals surface area contributed by atoms with Gasteiger partial charge in [-0.05, 0) is 32.3 Å². The molecule has 1 aromatic rings. The molecule has 0 radical (unpaired) electrons. The van der Waals surface area contributed by atoms with E-state index in [0.717, 1.165) is 24.1 Å². The van der Waals surface area contributed by atoms with E-state index in [2.05, 4.69) is 35.7 Å². The molecule has 1 aliphatic carbocycles. The van der Waals surface area contributed by atoms with Crippen LogP contribution in [0.1, 0.15) is 30.0 Å². The second-order valence-electron chi connectivity index (χ2n) is 4.89. The molecule has 1 amide bonds. The lowest BCUT2D eigenvalue weighted by Crippen LogP contribution is -2.39. The van der Waals surface area contributed by atoms with Crippen molar-refractivity contribution >= 4 is 11.6 Å². The van der Waals surface area contributed by atoms with E-state index in [1.54, 1.807) is 0 Å². The molecule has 1 atom stereocenters. The van der Waals surface area contributed by atoms with Crippen LogP contribution in [-0.2, 0) is 11.2 Å². The van der Waals surface area contributed by atoms with Crippen molar-refractivity contribution in [2.24, 2.45) is 10.5 Å². The first-order valence-corrected chi connectivity index (χ1v) is 5.60. The number of benzene rings is 1. The predicted octanol–water partition coefficient (Wildman–Crippen LogP) is 1.78. The molecule has 16 heavy (non-hydrogen) atoms. The molecule has 1 N–H and O–H groups in total. The largest absolute Gasteiger partial charge is 0.272 e. The number of fused-ring (bicyclic) bond motifs is 3. The average molecular weight is 214 g/mol. The minimum absolute atomic E-state index is 0.0359. The topological polar surface area (TPSA) is 41.5 Å². The van der Waals surface area contributed by atoms with Gasteiger partial charge in [-0.25, -0.2) is 5.43 Å². The Kier molecular flexibility index (Phi) is 1.76. The number of nitrogens with one attached hydrogen (secondary N) is 1. The highest BCUT2D eigenvalue weighted by molar-refractivity contribution is 6.20. The Morgan fingerprint density at radius 3 is 3.06 bits per heavy atom. The number of hydrogen-bond acceptors (Lipinski definition) is 2. The number of hydrogen-bond donors (Lipinski definition) is 1. The summed E-state index contributed by atoms with van der Waals surface area (Å²) in [5.74, 6) is 0.0359. The summed E-state index contributed by atoms with van der Waals surface area (Å²) in [4.78, 5) is 11.8. The highest BCUT2D eigenvalue weighted by Gasteiger charge is 2.46. The SMILES string of the molecule is Cc1ccc2c(c1)CC[C@]1(C)C(=O)NN=C21. The minimum atomic E-state index is -0.414. The number of amides is 1. The highest BCUT2D eigenvalue weighted by Crippen LogP contribution is 2.38. The van der Waals surface area contributed by atoms with E-state index in [4.69, 9.17) is 0 Å². The minimum Gasteiger partial charge on any atom is -0.272 e. The van der Waals surface area contributed by atoms with E-state index in [-0.39, 0.29) is 5.91 Å². The maximum Gasteiger partial charge on any atom is 0.252 e. The summed E-state index contributed by atoms with van der Waals surface area (Å²) >= 11 is 0. The van der Waals surface area contributed by atoms with Crippen LogP contribution in [0.25, 0.3) is 0 Å². The molecule has 1 heterocycles. The van der Waals surface area contributed by atoms with Crippen molar-refractivity contribution < 1.29 is 4.79 Å². The van der Waals surface area contributed by atoms with Crippen LogP contribution in [0.5, 0.6) is 0 Å². The van der Waals surface area contributed by atoms with Gasteiger partial charge >= 0.3 is 0 Å². The molecular formula is C13H14N2O. The zero-order valence-electron chi connectivity index (χ0n) is 9.50. The average Bonchev–Trinajstić information content (AvgIpc) is 2.56. The lowest BCUT2D eigenvalue weighted by molar-refractivity contribution is -0.125. The first kappa shape index (κ1) is 9.58. The molecule has 0 saturated carbocycles. The van der Waals surface area contributed by atoms with Gasteiger partial charge in [0.2, 0.25) is 0 Å². The Balaban J connectivity index is 2.18. The van der Waals surface area contributed by atoms with E-state index >= 15 is 0 Å². The maximum atomic E-state index is 11.8. The molecule has 0 fully saturated rings. The number of carbonyl (C=O) groups excluding carboxylic acids is 1. The van der Waals surface area contributed by atoms with Crippen LogP contribution in [0.2, 0.25) is 0 Å². The second-order valence-corrected chi connectivity index (χ2v) is 4.89. The molecule has 1 aromatic carbocycles. The smallest absolute Gasteiger partial charge is 0.252 e. The summed E-state index contributed by atoms with van der Waals surface area (Å²) in [6.45, 7) is 4.07. The molecule has 0 saturated heterocycles. The van der Waals surface area contributed by atoms with Crippen LogP contribution in [0.15, 0.2) is 23.3 Å². The van der Waals surface area contributed by atoms with Crippen molar-refractivity contribution in [3.05, 3.63) is 34.9 Å². The molecule has 1 aliphatic heterocycles. The van der Waals surface area contributed by atoms with Crippen molar-refractivity contribution in [1.82, 2.24) is 5.43 Å². The molecule has 3 nitrogen and oxygen atoms in total. The van der Waals surface area contributed by atoms with Gasteiger partial charge in [-0.15, -0.1) is 0 Å². The number of carbonyl (C=O) groups is 1. The van der Waals surface area contributed by atoms with Gasteiger partial charge in [-0.3, -0.25) is 4.79 Å². The Morgan fingerprint density at radius 2 is 2.25 bits per heavy atom. The van der Waals surface area contributed by atoms with Crippen LogP contribution in [0, 0.1) is 12.3 Å². The van der Waals surface area contributed by atoms with Crippen molar-refractivity contribution in [2.75, 3.05) is 0 Å². The maximum absolute atomic E-state index is 11.8. The van der Waals surface area contributed by atoms with Crippen LogP contribution >= 0.6 is 0 Å². The predicted molar refractivity (Wildman–Crippen MR) is 62.3 cm³/mol. The van der Waals surface area contributed by atoms with Crippen LogP contribution in [0.3, 0.4) is 0 Å². The third kappa shape index (κ3) is 1.08. The molecule has 3 heteroatoms. The quantitative estimate of drug-likeness (QED) is 0.702. The van der Waals surface area contributed by atoms with Gasteiger partial charge in [0.15, 0.2) is 0 Å². The highest BCUT2D eigenvalue weighted by atomic mass is 16.2. The molecule has 0 aromatic heterocycles. The Labute approximate surface area is 94.6 Å². The molecule has 3 rings (SSSR count). The van der Waals surface area contributed by atoms with Gasteiger partial charge in [0, 0.05) is 5.56 Å². The van der Waals surface area contributed by atoms with Crippen molar-refractivity contribution in [2.45, 2.75) is 26.7 Å². The Morgan fingerprint density at radius 1 is 1.44 bits per heavy atom. The fourth-order valence-electron chi connectivity index (χ4n) is 2.60. The summed E-state index contributed by atoms with van der Waals surface area (Å²) in [6, 6.07) is 6.36. The number of aryl methyl sites for hydroxylation is 2. The van der Waals surface area contributed by atoms with Crippen molar-refractivity contribution in [3.8, 4) is 0 Å². The first-order chi connectivity index (χ1) is 7.61. The van der Waals surface area contributed by atoms with Crippen LogP contribution in [0.4, 0.5) is 0 Å². The summed E-state index contributed by atoms with van der Waals surface area (Å²) in [6.07, 6.45) is 1.81. The lowest BCUT2D eigenvalue weighted by Gasteiger charge is -2.29. The molecule has 82 valence electrons. The zero-order chi connectivity index (χ0) is 11.3. The molecule has 0 bridgehead atoms. The van der Waals surface area contributed by atoms with Crippen LogP contribution in [-0.4, -0.2) is 11.6 Å². The fraction of sp³-hybridized carbons (Fsp3) is 0.385. The van der Waals surface area contributed by atoms with Crippen LogP contribution < -0.4 is 5.43 Å². The van der Waals surface area contributed by atoms with Crippen molar-refractivity contribution in [3.63, 3.8) is 0 Å². The number of nitrogens with zero attached hydrogens (tertiary/aromatic N) is 1. The zero-order valence-corrected chi connectivity index (χ0v) is 9.50. The van der Waals surface area contributed by atoms with Crippen molar-refractivity contribution in [1.29, 1.82) is 0 Å². The molecule has 2 aliphatic rings. The van der Waals surface area contributed by atoms with Gasteiger partial charge in [-0.2, -0.15) is 5.10 Å². The van der Waals surface area contributed by atoms with E-state index < -0.39 is 5.41 Å². The monoisotopic (exact) mass is 214 g/mol. The summed E-state index contributed by atoms with van der Waals surface area (Å²) in [5.41, 5.74) is 6.82. The Bertz CT molecular complexity index is 519. The Hall–Kier alpha value is -1.64. The third-order valence-corrected chi connectivity index (χ3v) is 3.70.